The molecule has 1 aliphatic heterocycles. The van der Waals surface area contributed by atoms with Gasteiger partial charge in [0.05, 0.1) is 16.1 Å². The van der Waals surface area contributed by atoms with E-state index in [1.807, 2.05) is 42.5 Å². The lowest BCUT2D eigenvalue weighted by Crippen LogP contribution is -2.11. The number of aromatic nitrogens is 1. The quantitative estimate of drug-likeness (QED) is 0.420. The number of nitrogens with zero attached hydrogens (tertiary/aromatic N) is 1. The van der Waals surface area contributed by atoms with Crippen molar-refractivity contribution in [3.63, 3.8) is 0 Å². The van der Waals surface area contributed by atoms with Crippen LogP contribution >= 0.6 is 22.6 Å². The van der Waals surface area contributed by atoms with Crippen LogP contribution < -0.4 is 15.0 Å². The Hall–Kier alpha value is -2.92. The van der Waals surface area contributed by atoms with Crippen LogP contribution in [0.1, 0.15) is 12.1 Å². The molecule has 1 aromatic heterocycles. The maximum Gasteiger partial charge on any atom is 0.350 e. The third-order valence-electron chi connectivity index (χ3n) is 4.79. The summed E-state index contributed by atoms with van der Waals surface area (Å²) in [6.07, 6.45) is 4.17. The number of aromatic amines is 1. The smallest absolute Gasteiger partial charge is 0.350 e. The predicted molar refractivity (Wildman–Crippen MR) is 124 cm³/mol. The topological polar surface area (TPSA) is 56.2 Å². The second-order valence-electron chi connectivity index (χ2n) is 6.68. The van der Waals surface area contributed by atoms with Crippen LogP contribution in [0.4, 0.5) is 4.39 Å². The van der Waals surface area contributed by atoms with E-state index in [0.717, 1.165) is 37.1 Å². The molecule has 0 fully saturated rings. The fraction of sp³-hybridized carbons (Fsp3) is 0.130. The zero-order valence-electron chi connectivity index (χ0n) is 15.6. The van der Waals surface area contributed by atoms with Gasteiger partial charge in [-0.3, -0.25) is 4.79 Å². The molecule has 29 heavy (non-hydrogen) atoms. The van der Waals surface area contributed by atoms with E-state index >= 15 is 0 Å². The van der Waals surface area contributed by atoms with Gasteiger partial charge in [0.2, 0.25) is 5.83 Å². The molecule has 0 saturated heterocycles. The van der Waals surface area contributed by atoms with E-state index in [0.29, 0.717) is 18.2 Å². The minimum Gasteiger partial charge on any atom is -0.496 e. The van der Waals surface area contributed by atoms with Crippen molar-refractivity contribution in [3.8, 4) is 16.9 Å². The first-order chi connectivity index (χ1) is 14.0. The zero-order chi connectivity index (χ0) is 20.4. The van der Waals surface area contributed by atoms with Gasteiger partial charge in [0.25, 0.3) is 5.56 Å². The Morgan fingerprint density at radius 3 is 2.83 bits per heavy atom. The van der Waals surface area contributed by atoms with Gasteiger partial charge in [0.15, 0.2) is 0 Å². The van der Waals surface area contributed by atoms with E-state index in [4.69, 9.17) is 4.74 Å². The van der Waals surface area contributed by atoms with Crippen molar-refractivity contribution < 1.29 is 9.13 Å². The van der Waals surface area contributed by atoms with Gasteiger partial charge in [-0.05, 0) is 80.9 Å². The third-order valence-corrected chi connectivity index (χ3v) is 5.63. The van der Waals surface area contributed by atoms with Crippen molar-refractivity contribution in [2.45, 2.75) is 12.8 Å². The van der Waals surface area contributed by atoms with E-state index in [2.05, 4.69) is 38.1 Å². The summed E-state index contributed by atoms with van der Waals surface area (Å²) in [6, 6.07) is 13.7. The number of ether oxygens (including phenoxy) is 1. The summed E-state index contributed by atoms with van der Waals surface area (Å²) in [4.78, 5) is 15.9. The number of allylic oxidation sites excluding steroid dienone is 3. The maximum atomic E-state index is 13.3. The third kappa shape index (κ3) is 4.10. The number of fused-ring (bicyclic) bond motifs is 1. The van der Waals surface area contributed by atoms with Crippen LogP contribution in [0.3, 0.4) is 0 Å². The monoisotopic (exact) mass is 499 g/mol. The SMILES string of the molecule is COc1ccc(-c2cccc3cc(CCC4=CC(F)=C=[N+]=C4)[nH]c(=O)c23)cc1I. The minimum atomic E-state index is -0.478. The molecule has 0 radical (unpaired) electrons. The zero-order valence-corrected chi connectivity index (χ0v) is 17.8. The highest BCUT2D eigenvalue weighted by atomic mass is 127. The fourth-order valence-electron chi connectivity index (χ4n) is 3.41. The first-order valence-corrected chi connectivity index (χ1v) is 10.1. The van der Waals surface area contributed by atoms with E-state index < -0.39 is 5.83 Å². The first-order valence-electron chi connectivity index (χ1n) is 9.06. The van der Waals surface area contributed by atoms with E-state index in [9.17, 15) is 9.18 Å². The van der Waals surface area contributed by atoms with Crippen molar-refractivity contribution in [1.29, 1.82) is 0 Å². The molecule has 3 aromatic rings. The van der Waals surface area contributed by atoms with Crippen molar-refractivity contribution in [3.05, 3.63) is 79.6 Å². The molecule has 1 aliphatic rings. The molecule has 0 bridgehead atoms. The van der Waals surface area contributed by atoms with Gasteiger partial charge in [-0.2, -0.15) is 4.39 Å². The molecule has 0 aliphatic carbocycles. The highest BCUT2D eigenvalue weighted by molar-refractivity contribution is 14.1. The van der Waals surface area contributed by atoms with Crippen LogP contribution in [0.15, 0.2) is 64.7 Å². The summed E-state index contributed by atoms with van der Waals surface area (Å²) in [5, 5.41) is 1.53. The average Bonchev–Trinajstić information content (AvgIpc) is 2.72. The number of pyridine rings is 1. The van der Waals surface area contributed by atoms with Crippen LogP contribution in [-0.2, 0) is 6.42 Å². The second-order valence-corrected chi connectivity index (χ2v) is 7.84. The maximum absolute atomic E-state index is 13.3. The lowest BCUT2D eigenvalue weighted by atomic mass is 9.98. The van der Waals surface area contributed by atoms with Gasteiger partial charge in [0.1, 0.15) is 5.75 Å². The molecule has 6 heteroatoms. The summed E-state index contributed by atoms with van der Waals surface area (Å²) < 4.78 is 23.3. The number of hydrogen-bond acceptors (Lipinski definition) is 2. The number of benzene rings is 2. The highest BCUT2D eigenvalue weighted by Crippen LogP contribution is 2.31. The molecule has 0 atom stereocenters. The molecule has 2 aromatic carbocycles. The van der Waals surface area contributed by atoms with Crippen molar-refractivity contribution in [1.82, 2.24) is 9.65 Å². The van der Waals surface area contributed by atoms with Crippen LogP contribution in [0, 0.1) is 3.57 Å². The summed E-state index contributed by atoms with van der Waals surface area (Å²) >= 11 is 2.22. The number of nitrogens with one attached hydrogen (secondary N) is 1. The predicted octanol–water partition coefficient (Wildman–Crippen LogP) is 4.34. The summed E-state index contributed by atoms with van der Waals surface area (Å²) in [5.41, 5.74) is 3.27. The Bertz CT molecular complexity index is 1310. The standard InChI is InChI=1S/C23H16FIN2O2/c1-29-21-8-6-15(11-20(21)25)19-4-2-3-16-10-18(27-23(28)22(16)19)7-5-14-9-17(24)13-26-12-14/h2-4,6,8-12H,5,7H2,1H3/p+1. The number of rotatable bonds is 5. The Morgan fingerprint density at radius 2 is 2.07 bits per heavy atom. The molecule has 144 valence electrons. The fourth-order valence-corrected chi connectivity index (χ4v) is 4.15. The number of hydrogen-bond donors (Lipinski definition) is 1. The molecule has 0 spiro atoms. The number of methoxy groups -OCH3 is 1. The molecule has 0 saturated carbocycles. The van der Waals surface area contributed by atoms with E-state index in [1.165, 1.54) is 6.08 Å². The van der Waals surface area contributed by atoms with Gasteiger partial charge < -0.3 is 9.72 Å². The van der Waals surface area contributed by atoms with Crippen molar-refractivity contribution in [2.24, 2.45) is 0 Å². The van der Waals surface area contributed by atoms with Crippen LogP contribution in [0.25, 0.3) is 21.9 Å². The highest BCUT2D eigenvalue weighted by Gasteiger charge is 2.12. The van der Waals surface area contributed by atoms with Gasteiger partial charge in [-0.25, -0.2) is 0 Å². The van der Waals surface area contributed by atoms with Crippen molar-refractivity contribution >= 4 is 45.4 Å². The summed E-state index contributed by atoms with van der Waals surface area (Å²) in [7, 11) is 1.64. The number of aryl methyl sites for hydroxylation is 1. The normalized spacial score (nSPS) is 12.8. The minimum absolute atomic E-state index is 0.135. The second kappa shape index (κ2) is 8.21. The largest absolute Gasteiger partial charge is 0.496 e. The van der Waals surface area contributed by atoms with E-state index in [1.54, 1.807) is 13.3 Å². The van der Waals surface area contributed by atoms with Gasteiger partial charge in [0, 0.05) is 11.3 Å². The molecular weight excluding hydrogens is 482 g/mol. The first kappa shape index (κ1) is 19.4. The average molecular weight is 499 g/mol. The Labute approximate surface area is 180 Å². The van der Waals surface area contributed by atoms with Crippen LogP contribution in [-0.4, -0.2) is 24.2 Å². The van der Waals surface area contributed by atoms with E-state index in [-0.39, 0.29) is 5.56 Å². The van der Waals surface area contributed by atoms with Gasteiger partial charge in [-0.1, -0.05) is 24.3 Å². The number of halogens is 2. The Morgan fingerprint density at radius 1 is 1.21 bits per heavy atom. The number of H-pyrrole nitrogens is 1. The lowest BCUT2D eigenvalue weighted by molar-refractivity contribution is 0.412. The molecular formula is C23H17FIN2O2+. The summed E-state index contributed by atoms with van der Waals surface area (Å²) in [6.45, 7) is 0. The Balaban J connectivity index is 1.69. The van der Waals surface area contributed by atoms with Crippen LogP contribution in [0.2, 0.25) is 0 Å². The summed E-state index contributed by atoms with van der Waals surface area (Å²) in [5.74, 6) is 2.58. The molecule has 4 rings (SSSR count). The van der Waals surface area contributed by atoms with Gasteiger partial charge in [-0.15, -0.1) is 0 Å². The molecule has 0 unspecified atom stereocenters. The Kier molecular flexibility index (Phi) is 5.49. The lowest BCUT2D eigenvalue weighted by Gasteiger charge is -2.10. The molecule has 4 nitrogen and oxygen atoms in total. The van der Waals surface area contributed by atoms with Crippen LogP contribution in [0.5, 0.6) is 5.75 Å². The molecule has 2 heterocycles. The van der Waals surface area contributed by atoms with Crippen molar-refractivity contribution in [2.75, 3.05) is 7.11 Å². The van der Waals surface area contributed by atoms with Gasteiger partial charge >= 0.3 is 12.1 Å². The molecule has 0 amide bonds. The molecule has 1 N–H and O–H groups in total.